The summed E-state index contributed by atoms with van der Waals surface area (Å²) in [5.41, 5.74) is 0. The van der Waals surface area contributed by atoms with Gasteiger partial charge in [0.2, 0.25) is 0 Å². The van der Waals surface area contributed by atoms with Gasteiger partial charge in [-0.2, -0.15) is 0 Å². The van der Waals surface area contributed by atoms with Gasteiger partial charge < -0.3 is 5.32 Å². The van der Waals surface area contributed by atoms with E-state index in [-0.39, 0.29) is 0 Å². The number of hydrogen-bond donors (Lipinski definition) is 1. The average Bonchev–Trinajstić information content (AvgIpc) is 2.89. The number of aryl methyl sites for hydroxylation is 1. The number of aliphatic imine (C=N–C) groups is 1. The lowest BCUT2D eigenvalue weighted by Gasteiger charge is -2.14. The van der Waals surface area contributed by atoms with Gasteiger partial charge in [0.1, 0.15) is 0 Å². The molecule has 2 heterocycles. The topological polar surface area (TPSA) is 24.4 Å². The molecule has 0 aromatic carbocycles. The van der Waals surface area contributed by atoms with Crippen molar-refractivity contribution in [1.82, 2.24) is 5.32 Å². The van der Waals surface area contributed by atoms with Gasteiger partial charge in [0.25, 0.3) is 0 Å². The fourth-order valence-corrected chi connectivity index (χ4v) is 4.38. The molecule has 2 atom stereocenters. The molecule has 2 rings (SSSR count). The first-order valence-electron chi connectivity index (χ1n) is 6.70. The fraction of sp³-hybridized carbons (Fsp3) is 0.643. The van der Waals surface area contributed by atoms with E-state index in [1.54, 1.807) is 0 Å². The molecule has 0 saturated heterocycles. The van der Waals surface area contributed by atoms with Crippen LogP contribution in [-0.4, -0.2) is 23.0 Å². The number of hydrogen-bond acceptors (Lipinski definition) is 4. The third-order valence-corrected chi connectivity index (χ3v) is 5.21. The molecule has 18 heavy (non-hydrogen) atoms. The summed E-state index contributed by atoms with van der Waals surface area (Å²) in [5, 5.41) is 5.39. The van der Waals surface area contributed by atoms with Gasteiger partial charge in [-0.1, -0.05) is 25.1 Å². The molecule has 0 bridgehead atoms. The minimum absolute atomic E-state index is 0.467. The lowest BCUT2D eigenvalue weighted by molar-refractivity contribution is 0.670. The highest BCUT2D eigenvalue weighted by atomic mass is 32.2. The molecule has 1 aliphatic heterocycles. The maximum atomic E-state index is 4.59. The van der Waals surface area contributed by atoms with Gasteiger partial charge in [-0.3, -0.25) is 4.99 Å². The summed E-state index contributed by atoms with van der Waals surface area (Å²) in [6, 6.07) is 4.91. The van der Waals surface area contributed by atoms with Crippen LogP contribution in [0.2, 0.25) is 0 Å². The average molecular weight is 282 g/mol. The highest BCUT2D eigenvalue weighted by Crippen LogP contribution is 2.24. The predicted molar refractivity (Wildman–Crippen MR) is 83.9 cm³/mol. The lowest BCUT2D eigenvalue weighted by atomic mass is 10.2. The summed E-state index contributed by atoms with van der Waals surface area (Å²) in [6.45, 7) is 7.64. The van der Waals surface area contributed by atoms with Crippen LogP contribution in [0.1, 0.15) is 36.4 Å². The Morgan fingerprint density at radius 2 is 2.33 bits per heavy atom. The third kappa shape index (κ3) is 4.02. The molecule has 0 aliphatic carbocycles. The van der Waals surface area contributed by atoms with Crippen LogP contribution in [0.15, 0.2) is 17.1 Å². The van der Waals surface area contributed by atoms with Crippen molar-refractivity contribution in [2.75, 3.05) is 6.54 Å². The highest BCUT2D eigenvalue weighted by molar-refractivity contribution is 8.14. The molecule has 0 fully saturated rings. The first-order valence-corrected chi connectivity index (χ1v) is 8.40. The predicted octanol–water partition coefficient (Wildman–Crippen LogP) is 3.85. The summed E-state index contributed by atoms with van der Waals surface area (Å²) in [7, 11) is 0. The van der Waals surface area contributed by atoms with E-state index in [2.05, 4.69) is 43.2 Å². The minimum atomic E-state index is 0.467. The van der Waals surface area contributed by atoms with Crippen LogP contribution in [-0.2, 0) is 6.42 Å². The van der Waals surface area contributed by atoms with Crippen LogP contribution in [0.4, 0.5) is 0 Å². The molecule has 1 aliphatic rings. The van der Waals surface area contributed by atoms with E-state index >= 15 is 0 Å². The second-order valence-corrected chi connectivity index (χ2v) is 7.60. The zero-order valence-electron chi connectivity index (χ0n) is 11.4. The van der Waals surface area contributed by atoms with E-state index in [1.165, 1.54) is 22.6 Å². The largest absolute Gasteiger partial charge is 0.362 e. The molecule has 1 aromatic heterocycles. The quantitative estimate of drug-likeness (QED) is 0.887. The van der Waals surface area contributed by atoms with Gasteiger partial charge in [-0.05, 0) is 32.4 Å². The van der Waals surface area contributed by atoms with Crippen molar-refractivity contribution in [2.24, 2.45) is 4.99 Å². The van der Waals surface area contributed by atoms with Crippen LogP contribution in [0.3, 0.4) is 0 Å². The lowest BCUT2D eigenvalue weighted by Crippen LogP contribution is -2.31. The van der Waals surface area contributed by atoms with Crippen molar-refractivity contribution in [1.29, 1.82) is 0 Å². The fourth-order valence-electron chi connectivity index (χ4n) is 2.13. The number of nitrogens with one attached hydrogen (secondary N) is 1. The monoisotopic (exact) mass is 282 g/mol. The first kappa shape index (κ1) is 13.9. The second kappa shape index (κ2) is 6.62. The molecule has 0 amide bonds. The molecule has 0 spiro atoms. The Bertz CT molecular complexity index is 412. The van der Waals surface area contributed by atoms with Crippen molar-refractivity contribution in [2.45, 2.75) is 51.3 Å². The molecule has 1 aromatic rings. The van der Waals surface area contributed by atoms with Gasteiger partial charge in [-0.25, -0.2) is 0 Å². The van der Waals surface area contributed by atoms with Gasteiger partial charge in [-0.15, -0.1) is 11.3 Å². The van der Waals surface area contributed by atoms with E-state index in [0.29, 0.717) is 11.3 Å². The van der Waals surface area contributed by atoms with E-state index in [9.17, 15) is 0 Å². The first-order chi connectivity index (χ1) is 8.67. The Morgan fingerprint density at radius 1 is 1.50 bits per heavy atom. The van der Waals surface area contributed by atoms with Crippen molar-refractivity contribution in [3.8, 4) is 0 Å². The smallest absolute Gasteiger partial charge is 0.157 e. The van der Waals surface area contributed by atoms with Crippen LogP contribution < -0.4 is 5.32 Å². The zero-order valence-corrected chi connectivity index (χ0v) is 13.0. The maximum Gasteiger partial charge on any atom is 0.157 e. The molecular weight excluding hydrogens is 260 g/mol. The summed E-state index contributed by atoms with van der Waals surface area (Å²) >= 11 is 3.82. The Balaban J connectivity index is 1.76. The van der Waals surface area contributed by atoms with Crippen molar-refractivity contribution < 1.29 is 0 Å². The maximum absolute atomic E-state index is 4.59. The summed E-state index contributed by atoms with van der Waals surface area (Å²) in [6.07, 6.45) is 3.62. The molecule has 1 N–H and O–H groups in total. The Kier molecular flexibility index (Phi) is 5.13. The van der Waals surface area contributed by atoms with Crippen LogP contribution in [0, 0.1) is 6.92 Å². The summed E-state index contributed by atoms with van der Waals surface area (Å²) in [4.78, 5) is 7.45. The Morgan fingerprint density at radius 3 is 3.00 bits per heavy atom. The summed E-state index contributed by atoms with van der Waals surface area (Å²) in [5.74, 6) is 0. The normalized spacial score (nSPS) is 20.8. The Hall–Kier alpha value is -0.480. The number of thiophene rings is 1. The molecule has 0 saturated carbocycles. The highest BCUT2D eigenvalue weighted by Gasteiger charge is 2.19. The molecule has 100 valence electrons. The number of rotatable bonds is 5. The molecular formula is C14H22N2S2. The van der Waals surface area contributed by atoms with Crippen molar-refractivity contribution in [3.63, 3.8) is 0 Å². The van der Waals surface area contributed by atoms with E-state index in [4.69, 9.17) is 0 Å². The number of amidine groups is 1. The van der Waals surface area contributed by atoms with Crippen LogP contribution in [0.25, 0.3) is 0 Å². The minimum Gasteiger partial charge on any atom is -0.362 e. The number of thioether (sulfide) groups is 1. The van der Waals surface area contributed by atoms with Gasteiger partial charge in [0.15, 0.2) is 5.17 Å². The molecule has 2 unspecified atom stereocenters. The molecule has 4 heteroatoms. The zero-order chi connectivity index (χ0) is 13.0. The van der Waals surface area contributed by atoms with Crippen molar-refractivity contribution in [3.05, 3.63) is 21.9 Å². The van der Waals surface area contributed by atoms with Crippen molar-refractivity contribution >= 4 is 28.3 Å². The standard InChI is InChI=1S/C14H22N2S2/c1-4-5-13-9-15-14(18-13)16-10(2)8-12-7-6-11(3)17-12/h6-7,10,13H,4-5,8-9H2,1-3H3,(H,15,16). The third-order valence-electron chi connectivity index (χ3n) is 3.00. The SMILES string of the molecule is CCCC1CN=C(NC(C)Cc2ccc(C)s2)S1. The molecule has 2 nitrogen and oxygen atoms in total. The van der Waals surface area contributed by atoms with E-state index in [1.807, 2.05) is 23.1 Å². The van der Waals surface area contributed by atoms with Gasteiger partial charge in [0, 0.05) is 27.5 Å². The van der Waals surface area contributed by atoms with E-state index < -0.39 is 0 Å². The number of nitrogens with zero attached hydrogens (tertiary/aromatic N) is 1. The van der Waals surface area contributed by atoms with Gasteiger partial charge in [0.05, 0.1) is 6.54 Å². The van der Waals surface area contributed by atoms with E-state index in [0.717, 1.165) is 18.1 Å². The molecule has 0 radical (unpaired) electrons. The van der Waals surface area contributed by atoms with Gasteiger partial charge >= 0.3 is 0 Å². The van der Waals surface area contributed by atoms with Crippen LogP contribution in [0.5, 0.6) is 0 Å². The second-order valence-electron chi connectivity index (χ2n) is 4.94. The van der Waals surface area contributed by atoms with Crippen LogP contribution >= 0.6 is 23.1 Å². The Labute approximate surface area is 118 Å². The summed E-state index contributed by atoms with van der Waals surface area (Å²) < 4.78 is 0.